The number of benzene rings is 1. The quantitative estimate of drug-likeness (QED) is 0.612. The molecule has 0 aliphatic carbocycles. The van der Waals surface area contributed by atoms with Gasteiger partial charge in [-0.25, -0.2) is 9.55 Å². The minimum absolute atomic E-state index is 0.347. The van der Waals surface area contributed by atoms with Crippen LogP contribution < -0.4 is 5.56 Å². The molecule has 0 radical (unpaired) electrons. The first-order valence-corrected chi connectivity index (χ1v) is 6.60. The molecule has 0 atom stereocenters. The van der Waals surface area contributed by atoms with E-state index in [-0.39, 0.29) is 11.5 Å². The Bertz CT molecular complexity index is 635. The van der Waals surface area contributed by atoms with Crippen molar-refractivity contribution in [2.45, 2.75) is 12.1 Å². The largest absolute Gasteiger partial charge is 0.269 e. The first-order chi connectivity index (χ1) is 8.63. The lowest BCUT2D eigenvalue weighted by molar-refractivity contribution is 0.0943. The SMILES string of the molecule is CSc1nc(C)cc(=O)n1C(=O)c1ccccc1. The van der Waals surface area contributed by atoms with Crippen molar-refractivity contribution in [1.29, 1.82) is 0 Å². The van der Waals surface area contributed by atoms with Gasteiger partial charge in [0.15, 0.2) is 5.16 Å². The summed E-state index contributed by atoms with van der Waals surface area (Å²) in [6.45, 7) is 1.73. The van der Waals surface area contributed by atoms with Gasteiger partial charge >= 0.3 is 0 Å². The molecule has 0 N–H and O–H groups in total. The molecule has 18 heavy (non-hydrogen) atoms. The van der Waals surface area contributed by atoms with E-state index in [1.165, 1.54) is 17.8 Å². The molecule has 5 heteroatoms. The molecule has 2 aromatic rings. The van der Waals surface area contributed by atoms with Crippen LogP contribution in [-0.4, -0.2) is 21.7 Å². The molecule has 1 aromatic carbocycles. The van der Waals surface area contributed by atoms with E-state index in [1.54, 1.807) is 37.4 Å². The van der Waals surface area contributed by atoms with Crippen molar-refractivity contribution >= 4 is 17.7 Å². The first-order valence-electron chi connectivity index (χ1n) is 5.38. The molecule has 1 aromatic heterocycles. The highest BCUT2D eigenvalue weighted by molar-refractivity contribution is 7.98. The number of hydrogen-bond donors (Lipinski definition) is 0. The fraction of sp³-hybridized carbons (Fsp3) is 0.154. The third-order valence-corrected chi connectivity index (χ3v) is 3.06. The average Bonchev–Trinajstić information content (AvgIpc) is 2.38. The fourth-order valence-electron chi connectivity index (χ4n) is 1.60. The van der Waals surface area contributed by atoms with Gasteiger partial charge in [0.25, 0.3) is 11.5 Å². The van der Waals surface area contributed by atoms with Gasteiger partial charge in [0.05, 0.1) is 0 Å². The van der Waals surface area contributed by atoms with Crippen LogP contribution in [0.3, 0.4) is 0 Å². The number of carbonyl (C=O) groups is 1. The van der Waals surface area contributed by atoms with Gasteiger partial charge in [-0.3, -0.25) is 9.59 Å². The second-order valence-electron chi connectivity index (χ2n) is 3.73. The zero-order chi connectivity index (χ0) is 13.1. The second kappa shape index (κ2) is 5.18. The fourth-order valence-corrected chi connectivity index (χ4v) is 2.20. The van der Waals surface area contributed by atoms with Crippen LogP contribution in [0.15, 0.2) is 46.3 Å². The average molecular weight is 260 g/mol. The normalized spacial score (nSPS) is 10.3. The Morgan fingerprint density at radius 2 is 1.94 bits per heavy atom. The molecule has 2 rings (SSSR count). The number of nitrogens with zero attached hydrogens (tertiary/aromatic N) is 2. The number of thioether (sulfide) groups is 1. The van der Waals surface area contributed by atoms with Crippen LogP contribution in [-0.2, 0) is 0 Å². The van der Waals surface area contributed by atoms with Gasteiger partial charge in [-0.15, -0.1) is 0 Å². The monoisotopic (exact) mass is 260 g/mol. The summed E-state index contributed by atoms with van der Waals surface area (Å²) in [5, 5.41) is 0.411. The molecule has 0 saturated carbocycles. The number of aryl methyl sites for hydroxylation is 1. The maximum Gasteiger partial charge on any atom is 0.266 e. The molecular formula is C13H12N2O2S. The molecule has 0 amide bonds. The Morgan fingerprint density at radius 1 is 1.28 bits per heavy atom. The van der Waals surface area contributed by atoms with E-state index in [0.29, 0.717) is 16.4 Å². The standard InChI is InChI=1S/C13H12N2O2S/c1-9-8-11(16)15(13(14-9)18-2)12(17)10-6-4-3-5-7-10/h3-8H,1-2H3. The van der Waals surface area contributed by atoms with Crippen LogP contribution in [0, 0.1) is 6.92 Å². The van der Waals surface area contributed by atoms with Crippen LogP contribution >= 0.6 is 11.8 Å². The van der Waals surface area contributed by atoms with E-state index < -0.39 is 0 Å². The van der Waals surface area contributed by atoms with Crippen LogP contribution in [0.4, 0.5) is 0 Å². The lowest BCUT2D eigenvalue weighted by atomic mass is 10.2. The molecule has 4 nitrogen and oxygen atoms in total. The first kappa shape index (κ1) is 12.6. The zero-order valence-corrected chi connectivity index (χ0v) is 10.9. The molecule has 0 aliphatic heterocycles. The third kappa shape index (κ3) is 2.36. The lowest BCUT2D eigenvalue weighted by Gasteiger charge is -2.09. The smallest absolute Gasteiger partial charge is 0.266 e. The predicted molar refractivity (Wildman–Crippen MR) is 71.2 cm³/mol. The topological polar surface area (TPSA) is 52.0 Å². The van der Waals surface area contributed by atoms with Gasteiger partial charge in [-0.05, 0) is 25.3 Å². The van der Waals surface area contributed by atoms with Crippen molar-refractivity contribution in [2.75, 3.05) is 6.26 Å². The van der Waals surface area contributed by atoms with Crippen molar-refractivity contribution in [3.63, 3.8) is 0 Å². The van der Waals surface area contributed by atoms with Crippen LogP contribution in [0.25, 0.3) is 0 Å². The van der Waals surface area contributed by atoms with Crippen molar-refractivity contribution in [3.8, 4) is 0 Å². The maximum atomic E-state index is 12.3. The molecule has 0 spiro atoms. The molecule has 1 heterocycles. The van der Waals surface area contributed by atoms with E-state index in [0.717, 1.165) is 4.57 Å². The Hall–Kier alpha value is -1.88. The summed E-state index contributed by atoms with van der Waals surface area (Å²) in [6, 6.07) is 10.1. The van der Waals surface area contributed by atoms with Crippen molar-refractivity contribution in [1.82, 2.24) is 9.55 Å². The van der Waals surface area contributed by atoms with E-state index in [9.17, 15) is 9.59 Å². The summed E-state index contributed by atoms with van der Waals surface area (Å²) < 4.78 is 1.10. The van der Waals surface area contributed by atoms with Crippen LogP contribution in [0.1, 0.15) is 16.1 Å². The van der Waals surface area contributed by atoms with E-state index in [1.807, 2.05) is 6.07 Å². The van der Waals surface area contributed by atoms with Crippen molar-refractivity contribution in [2.24, 2.45) is 0 Å². The highest BCUT2D eigenvalue weighted by Crippen LogP contribution is 2.12. The van der Waals surface area contributed by atoms with Crippen LogP contribution in [0.2, 0.25) is 0 Å². The van der Waals surface area contributed by atoms with Gasteiger partial charge in [-0.1, -0.05) is 30.0 Å². The molecule has 0 unspecified atom stereocenters. The predicted octanol–water partition coefficient (Wildman–Crippen LogP) is 1.96. The number of carbonyl (C=O) groups excluding carboxylic acids is 1. The van der Waals surface area contributed by atoms with Crippen molar-refractivity contribution < 1.29 is 4.79 Å². The number of aromatic nitrogens is 2. The van der Waals surface area contributed by atoms with Gasteiger partial charge in [0.2, 0.25) is 0 Å². The van der Waals surface area contributed by atoms with E-state index in [2.05, 4.69) is 4.98 Å². The molecule has 0 bridgehead atoms. The second-order valence-corrected chi connectivity index (χ2v) is 4.50. The van der Waals surface area contributed by atoms with Crippen molar-refractivity contribution in [3.05, 3.63) is 58.0 Å². The number of rotatable bonds is 2. The molecule has 0 saturated heterocycles. The summed E-state index contributed by atoms with van der Waals surface area (Å²) in [5.74, 6) is -0.350. The summed E-state index contributed by atoms with van der Waals surface area (Å²) in [5.41, 5.74) is 0.739. The van der Waals surface area contributed by atoms with E-state index >= 15 is 0 Å². The highest BCUT2D eigenvalue weighted by atomic mass is 32.2. The zero-order valence-electron chi connectivity index (χ0n) is 10.1. The lowest BCUT2D eigenvalue weighted by Crippen LogP contribution is -2.29. The van der Waals surface area contributed by atoms with Gasteiger partial charge in [-0.2, -0.15) is 0 Å². The van der Waals surface area contributed by atoms with Crippen LogP contribution in [0.5, 0.6) is 0 Å². The Balaban J connectivity index is 2.58. The maximum absolute atomic E-state index is 12.3. The Kier molecular flexibility index (Phi) is 3.62. The van der Waals surface area contributed by atoms with Gasteiger partial charge in [0, 0.05) is 17.3 Å². The summed E-state index contributed by atoms with van der Waals surface area (Å²) in [4.78, 5) is 28.4. The molecule has 92 valence electrons. The van der Waals surface area contributed by atoms with Gasteiger partial charge < -0.3 is 0 Å². The minimum atomic E-state index is -0.350. The Labute approximate surface area is 109 Å². The van der Waals surface area contributed by atoms with E-state index in [4.69, 9.17) is 0 Å². The minimum Gasteiger partial charge on any atom is -0.269 e. The molecule has 0 fully saturated rings. The highest BCUT2D eigenvalue weighted by Gasteiger charge is 2.15. The third-order valence-electron chi connectivity index (χ3n) is 2.42. The summed E-state index contributed by atoms with van der Waals surface area (Å²) in [7, 11) is 0. The molecule has 0 aliphatic rings. The summed E-state index contributed by atoms with van der Waals surface area (Å²) >= 11 is 1.28. The molecular weight excluding hydrogens is 248 g/mol. The van der Waals surface area contributed by atoms with Gasteiger partial charge in [0.1, 0.15) is 0 Å². The summed E-state index contributed by atoms with van der Waals surface area (Å²) in [6.07, 6.45) is 1.79. The number of hydrogen-bond acceptors (Lipinski definition) is 4. The Morgan fingerprint density at radius 3 is 2.56 bits per heavy atom.